The number of methoxy groups -OCH3 is 1. The lowest BCUT2D eigenvalue weighted by atomic mass is 10.1. The summed E-state index contributed by atoms with van der Waals surface area (Å²) in [5.41, 5.74) is 4.03. The Morgan fingerprint density at radius 3 is 2.58 bits per heavy atom. The zero-order valence-electron chi connectivity index (χ0n) is 11.3. The van der Waals surface area contributed by atoms with E-state index in [1.54, 1.807) is 12.1 Å². The van der Waals surface area contributed by atoms with Crippen LogP contribution in [0.3, 0.4) is 0 Å². The molecule has 100 valence electrons. The standard InChI is InChI=1S/C15H17NO3/c1-10-8-12(9-17)11(2)16(10)14-7-5-4-6-13(14)15(18)19-3/h4-8,17H,9H2,1-3H3. The van der Waals surface area contributed by atoms with Gasteiger partial charge in [0.05, 0.1) is 25.0 Å². The second kappa shape index (κ2) is 5.28. The van der Waals surface area contributed by atoms with Gasteiger partial charge in [0.25, 0.3) is 0 Å². The molecule has 0 saturated heterocycles. The fourth-order valence-corrected chi connectivity index (χ4v) is 2.31. The van der Waals surface area contributed by atoms with E-state index >= 15 is 0 Å². The molecule has 0 bridgehead atoms. The van der Waals surface area contributed by atoms with Crippen molar-refractivity contribution in [3.8, 4) is 5.69 Å². The molecule has 0 spiro atoms. The molecular formula is C15H17NO3. The number of aliphatic hydroxyl groups excluding tert-OH is 1. The molecule has 0 atom stereocenters. The van der Waals surface area contributed by atoms with Gasteiger partial charge in [-0.1, -0.05) is 12.1 Å². The largest absolute Gasteiger partial charge is 0.465 e. The van der Waals surface area contributed by atoms with Crippen molar-refractivity contribution in [2.24, 2.45) is 0 Å². The molecule has 1 heterocycles. The van der Waals surface area contributed by atoms with E-state index in [4.69, 9.17) is 4.74 Å². The summed E-state index contributed by atoms with van der Waals surface area (Å²) in [6.45, 7) is 3.85. The van der Waals surface area contributed by atoms with E-state index < -0.39 is 0 Å². The van der Waals surface area contributed by atoms with Crippen LogP contribution in [-0.2, 0) is 11.3 Å². The van der Waals surface area contributed by atoms with E-state index in [2.05, 4.69) is 0 Å². The van der Waals surface area contributed by atoms with Crippen LogP contribution in [0, 0.1) is 13.8 Å². The van der Waals surface area contributed by atoms with E-state index in [0.717, 1.165) is 22.6 Å². The Morgan fingerprint density at radius 1 is 1.32 bits per heavy atom. The number of hydrogen-bond acceptors (Lipinski definition) is 3. The van der Waals surface area contributed by atoms with Crippen LogP contribution >= 0.6 is 0 Å². The molecule has 0 amide bonds. The highest BCUT2D eigenvalue weighted by Crippen LogP contribution is 2.24. The van der Waals surface area contributed by atoms with Gasteiger partial charge in [0.2, 0.25) is 0 Å². The van der Waals surface area contributed by atoms with Gasteiger partial charge in [-0.25, -0.2) is 4.79 Å². The average Bonchev–Trinajstić information content (AvgIpc) is 2.72. The van der Waals surface area contributed by atoms with Gasteiger partial charge in [-0.05, 0) is 37.6 Å². The highest BCUT2D eigenvalue weighted by molar-refractivity contribution is 5.93. The fourth-order valence-electron chi connectivity index (χ4n) is 2.31. The lowest BCUT2D eigenvalue weighted by Gasteiger charge is -2.13. The van der Waals surface area contributed by atoms with Gasteiger partial charge in [0.1, 0.15) is 0 Å². The number of rotatable bonds is 3. The minimum atomic E-state index is -0.367. The normalized spacial score (nSPS) is 10.5. The summed E-state index contributed by atoms with van der Waals surface area (Å²) in [6, 6.07) is 9.20. The predicted octanol–water partition coefficient (Wildman–Crippen LogP) is 2.37. The minimum absolute atomic E-state index is 0.0138. The van der Waals surface area contributed by atoms with Crippen LogP contribution in [0.1, 0.15) is 27.3 Å². The Labute approximate surface area is 112 Å². The maximum Gasteiger partial charge on any atom is 0.339 e. The van der Waals surface area contributed by atoms with Crippen LogP contribution in [0.2, 0.25) is 0 Å². The van der Waals surface area contributed by atoms with E-state index in [-0.39, 0.29) is 12.6 Å². The molecular weight excluding hydrogens is 242 g/mol. The van der Waals surface area contributed by atoms with Gasteiger partial charge < -0.3 is 14.4 Å². The van der Waals surface area contributed by atoms with Crippen molar-refractivity contribution in [1.82, 2.24) is 4.57 Å². The second-order valence-electron chi connectivity index (χ2n) is 4.40. The van der Waals surface area contributed by atoms with Crippen LogP contribution in [0.15, 0.2) is 30.3 Å². The lowest BCUT2D eigenvalue weighted by Crippen LogP contribution is -2.09. The second-order valence-corrected chi connectivity index (χ2v) is 4.40. The molecule has 0 aliphatic carbocycles. The molecule has 1 aromatic heterocycles. The molecule has 0 aliphatic heterocycles. The number of aryl methyl sites for hydroxylation is 1. The zero-order valence-corrected chi connectivity index (χ0v) is 11.3. The van der Waals surface area contributed by atoms with Gasteiger partial charge in [0.15, 0.2) is 0 Å². The predicted molar refractivity (Wildman–Crippen MR) is 72.5 cm³/mol. The van der Waals surface area contributed by atoms with Crippen LogP contribution < -0.4 is 0 Å². The molecule has 0 aliphatic rings. The summed E-state index contributed by atoms with van der Waals surface area (Å²) in [6.07, 6.45) is 0. The summed E-state index contributed by atoms with van der Waals surface area (Å²) in [5, 5.41) is 9.32. The topological polar surface area (TPSA) is 51.5 Å². The smallest absolute Gasteiger partial charge is 0.339 e. The first kappa shape index (κ1) is 13.4. The monoisotopic (exact) mass is 259 g/mol. The number of aliphatic hydroxyl groups is 1. The lowest BCUT2D eigenvalue weighted by molar-refractivity contribution is 0.0601. The third-order valence-corrected chi connectivity index (χ3v) is 3.26. The number of carbonyl (C=O) groups is 1. The van der Waals surface area contributed by atoms with Crippen LogP contribution in [-0.4, -0.2) is 22.8 Å². The number of nitrogens with zero attached hydrogens (tertiary/aromatic N) is 1. The molecule has 2 aromatic rings. The SMILES string of the molecule is COC(=O)c1ccccc1-n1c(C)cc(CO)c1C. The van der Waals surface area contributed by atoms with E-state index in [1.807, 2.05) is 36.6 Å². The molecule has 19 heavy (non-hydrogen) atoms. The van der Waals surface area contributed by atoms with Crippen LogP contribution in [0.5, 0.6) is 0 Å². The van der Waals surface area contributed by atoms with Crippen molar-refractivity contribution in [3.05, 3.63) is 52.8 Å². The molecule has 2 rings (SSSR count). The first-order valence-corrected chi connectivity index (χ1v) is 6.06. The van der Waals surface area contributed by atoms with E-state index in [1.165, 1.54) is 7.11 Å². The van der Waals surface area contributed by atoms with Gasteiger partial charge >= 0.3 is 5.97 Å². The number of carbonyl (C=O) groups excluding carboxylic acids is 1. The minimum Gasteiger partial charge on any atom is -0.465 e. The van der Waals surface area contributed by atoms with Crippen molar-refractivity contribution in [3.63, 3.8) is 0 Å². The average molecular weight is 259 g/mol. The highest BCUT2D eigenvalue weighted by atomic mass is 16.5. The number of benzene rings is 1. The maximum absolute atomic E-state index is 11.8. The number of aromatic nitrogens is 1. The zero-order chi connectivity index (χ0) is 14.0. The third-order valence-electron chi connectivity index (χ3n) is 3.26. The van der Waals surface area contributed by atoms with Crippen molar-refractivity contribution >= 4 is 5.97 Å². The maximum atomic E-state index is 11.8. The summed E-state index contributed by atoms with van der Waals surface area (Å²) in [7, 11) is 1.37. The van der Waals surface area contributed by atoms with Gasteiger partial charge in [-0.2, -0.15) is 0 Å². The molecule has 0 radical (unpaired) electrons. The number of ether oxygens (including phenoxy) is 1. The van der Waals surface area contributed by atoms with Crippen molar-refractivity contribution in [2.45, 2.75) is 20.5 Å². The Balaban J connectivity index is 2.66. The van der Waals surface area contributed by atoms with Gasteiger partial charge in [0, 0.05) is 11.4 Å². The van der Waals surface area contributed by atoms with E-state index in [9.17, 15) is 9.90 Å². The van der Waals surface area contributed by atoms with Gasteiger partial charge in [-0.15, -0.1) is 0 Å². The Bertz CT molecular complexity index is 614. The highest BCUT2D eigenvalue weighted by Gasteiger charge is 2.16. The summed E-state index contributed by atoms with van der Waals surface area (Å²) >= 11 is 0. The van der Waals surface area contributed by atoms with Crippen molar-refractivity contribution < 1.29 is 14.6 Å². The number of para-hydroxylation sites is 1. The van der Waals surface area contributed by atoms with Crippen LogP contribution in [0.25, 0.3) is 5.69 Å². The first-order chi connectivity index (χ1) is 9.10. The molecule has 1 N–H and O–H groups in total. The number of hydrogen-bond donors (Lipinski definition) is 1. The summed E-state index contributed by atoms with van der Waals surface area (Å²) < 4.78 is 6.77. The molecule has 1 aromatic carbocycles. The number of esters is 1. The first-order valence-electron chi connectivity index (χ1n) is 6.06. The van der Waals surface area contributed by atoms with Crippen molar-refractivity contribution in [1.29, 1.82) is 0 Å². The summed E-state index contributed by atoms with van der Waals surface area (Å²) in [5.74, 6) is -0.367. The quantitative estimate of drug-likeness (QED) is 0.861. The molecule has 4 nitrogen and oxygen atoms in total. The fraction of sp³-hybridized carbons (Fsp3) is 0.267. The Morgan fingerprint density at radius 2 is 2.00 bits per heavy atom. The van der Waals surface area contributed by atoms with Gasteiger partial charge in [-0.3, -0.25) is 0 Å². The van der Waals surface area contributed by atoms with Crippen molar-refractivity contribution in [2.75, 3.05) is 7.11 Å². The molecule has 0 saturated carbocycles. The van der Waals surface area contributed by atoms with Crippen LogP contribution in [0.4, 0.5) is 0 Å². The Hall–Kier alpha value is -2.07. The summed E-state index contributed by atoms with van der Waals surface area (Å²) in [4.78, 5) is 11.8. The Kier molecular flexibility index (Phi) is 3.71. The molecule has 4 heteroatoms. The molecule has 0 fully saturated rings. The molecule has 0 unspecified atom stereocenters. The van der Waals surface area contributed by atoms with E-state index in [0.29, 0.717) is 5.56 Å². The third kappa shape index (κ3) is 2.27.